The molecule has 1 amide bonds. The molecule has 3 rings (SSSR count). The number of hydrogen-bond acceptors (Lipinski definition) is 2. The predicted molar refractivity (Wildman–Crippen MR) is 96.2 cm³/mol. The fraction of sp³-hybridized carbons (Fsp3) is 0.316. The summed E-state index contributed by atoms with van der Waals surface area (Å²) in [6.07, 6.45) is 1.71. The average molecular weight is 374 g/mol. The van der Waals surface area contributed by atoms with Crippen molar-refractivity contribution < 1.29 is 9.53 Å². The van der Waals surface area contributed by atoms with Crippen molar-refractivity contribution in [2.75, 3.05) is 18.6 Å². The topological polar surface area (TPSA) is 29.5 Å². The minimum absolute atomic E-state index is 0.116. The van der Waals surface area contributed by atoms with Crippen molar-refractivity contribution in [1.29, 1.82) is 0 Å². The quantitative estimate of drug-likeness (QED) is 0.769. The van der Waals surface area contributed by atoms with Gasteiger partial charge in [0.15, 0.2) is 0 Å². The fourth-order valence-corrected chi connectivity index (χ4v) is 3.35. The molecule has 0 aliphatic carbocycles. The molecule has 4 heteroatoms. The van der Waals surface area contributed by atoms with E-state index in [1.165, 1.54) is 0 Å². The molecule has 0 fully saturated rings. The summed E-state index contributed by atoms with van der Waals surface area (Å²) in [6, 6.07) is 14.1. The van der Waals surface area contributed by atoms with Gasteiger partial charge in [-0.05, 0) is 54.3 Å². The van der Waals surface area contributed by atoms with Crippen LogP contribution in [0.3, 0.4) is 0 Å². The van der Waals surface area contributed by atoms with Crippen LogP contribution < -0.4 is 9.64 Å². The van der Waals surface area contributed by atoms with Crippen LogP contribution in [0.15, 0.2) is 46.9 Å². The largest absolute Gasteiger partial charge is 0.494 e. The first-order chi connectivity index (χ1) is 11.1. The number of carbonyl (C=O) groups is 1. The van der Waals surface area contributed by atoms with Gasteiger partial charge in [0.2, 0.25) is 5.91 Å². The molecule has 1 aliphatic heterocycles. The molecule has 0 radical (unpaired) electrons. The van der Waals surface area contributed by atoms with Crippen LogP contribution in [0.25, 0.3) is 0 Å². The first kappa shape index (κ1) is 16.1. The van der Waals surface area contributed by atoms with Gasteiger partial charge in [0, 0.05) is 17.2 Å². The molecule has 0 spiro atoms. The Balaban J connectivity index is 1.80. The van der Waals surface area contributed by atoms with E-state index in [2.05, 4.69) is 28.9 Å². The highest BCUT2D eigenvalue weighted by molar-refractivity contribution is 9.10. The van der Waals surface area contributed by atoms with Crippen LogP contribution >= 0.6 is 15.9 Å². The first-order valence-electron chi connectivity index (χ1n) is 7.89. The lowest BCUT2D eigenvalue weighted by Crippen LogP contribution is -2.24. The molecule has 1 aliphatic rings. The molecule has 120 valence electrons. The minimum Gasteiger partial charge on any atom is -0.494 e. The number of ether oxygens (including phenoxy) is 1. The van der Waals surface area contributed by atoms with Gasteiger partial charge in [-0.15, -0.1) is 0 Å². The highest BCUT2D eigenvalue weighted by Crippen LogP contribution is 2.39. The molecule has 2 aromatic carbocycles. The van der Waals surface area contributed by atoms with Crippen LogP contribution in [0.1, 0.15) is 30.4 Å². The number of hydrogen-bond donors (Lipinski definition) is 0. The standard InChI is InChI=1S/C19H20BrNO2/c1-3-10-23-15-7-4-13(5-8-15)11-17-16-12-14(20)6-9-18(16)21(2)19(17)22/h4-9,12,17H,3,10-11H2,1-2H3/t17-/m0/s1. The zero-order valence-corrected chi connectivity index (χ0v) is 15.0. The molecule has 3 nitrogen and oxygen atoms in total. The van der Waals surface area contributed by atoms with Gasteiger partial charge in [-0.1, -0.05) is 35.0 Å². The Bertz CT molecular complexity index is 712. The molecule has 1 heterocycles. The molecule has 23 heavy (non-hydrogen) atoms. The van der Waals surface area contributed by atoms with E-state index in [0.717, 1.165) is 40.1 Å². The fourth-order valence-electron chi connectivity index (χ4n) is 2.97. The maximum Gasteiger partial charge on any atom is 0.234 e. The van der Waals surface area contributed by atoms with E-state index in [1.807, 2.05) is 43.4 Å². The van der Waals surface area contributed by atoms with Crippen LogP contribution in [0, 0.1) is 0 Å². The zero-order chi connectivity index (χ0) is 16.4. The number of halogens is 1. The first-order valence-corrected chi connectivity index (χ1v) is 8.68. The third-order valence-corrected chi connectivity index (χ3v) is 4.68. The normalized spacial score (nSPS) is 16.6. The second-order valence-corrected chi connectivity index (χ2v) is 6.77. The Morgan fingerprint density at radius 3 is 2.61 bits per heavy atom. The van der Waals surface area contributed by atoms with E-state index in [4.69, 9.17) is 4.74 Å². The van der Waals surface area contributed by atoms with Crippen molar-refractivity contribution >= 4 is 27.5 Å². The lowest BCUT2D eigenvalue weighted by molar-refractivity contribution is -0.119. The van der Waals surface area contributed by atoms with E-state index >= 15 is 0 Å². The van der Waals surface area contributed by atoms with Crippen molar-refractivity contribution in [1.82, 2.24) is 0 Å². The van der Waals surface area contributed by atoms with Gasteiger partial charge in [-0.3, -0.25) is 4.79 Å². The number of amides is 1. The lowest BCUT2D eigenvalue weighted by atomic mass is 9.93. The van der Waals surface area contributed by atoms with Gasteiger partial charge in [-0.2, -0.15) is 0 Å². The van der Waals surface area contributed by atoms with E-state index in [0.29, 0.717) is 6.42 Å². The molecule has 0 saturated heterocycles. The molecule has 0 N–H and O–H groups in total. The van der Waals surface area contributed by atoms with Crippen LogP contribution in [0.2, 0.25) is 0 Å². The molecule has 0 unspecified atom stereocenters. The van der Waals surface area contributed by atoms with Crippen molar-refractivity contribution in [2.24, 2.45) is 0 Å². The van der Waals surface area contributed by atoms with Gasteiger partial charge >= 0.3 is 0 Å². The maximum atomic E-state index is 12.6. The van der Waals surface area contributed by atoms with Crippen molar-refractivity contribution in [3.63, 3.8) is 0 Å². The number of fused-ring (bicyclic) bond motifs is 1. The Kier molecular flexibility index (Phi) is 4.71. The second kappa shape index (κ2) is 6.75. The SMILES string of the molecule is CCCOc1ccc(C[C@@H]2C(=O)N(C)c3ccc(Br)cc32)cc1. The monoisotopic (exact) mass is 373 g/mol. The smallest absolute Gasteiger partial charge is 0.234 e. The Labute approximate surface area is 145 Å². The zero-order valence-electron chi connectivity index (χ0n) is 13.4. The number of anilines is 1. The number of rotatable bonds is 5. The number of nitrogens with zero attached hydrogens (tertiary/aromatic N) is 1. The summed E-state index contributed by atoms with van der Waals surface area (Å²) < 4.78 is 6.62. The van der Waals surface area contributed by atoms with Crippen LogP contribution in [-0.4, -0.2) is 19.6 Å². The van der Waals surface area contributed by atoms with Crippen LogP contribution in [0.4, 0.5) is 5.69 Å². The third kappa shape index (κ3) is 3.27. The maximum absolute atomic E-state index is 12.6. The summed E-state index contributed by atoms with van der Waals surface area (Å²) >= 11 is 3.50. The van der Waals surface area contributed by atoms with Crippen molar-refractivity contribution in [3.8, 4) is 5.75 Å². The van der Waals surface area contributed by atoms with Crippen molar-refractivity contribution in [3.05, 3.63) is 58.1 Å². The number of benzene rings is 2. The van der Waals surface area contributed by atoms with Crippen LogP contribution in [-0.2, 0) is 11.2 Å². The molecule has 0 bridgehead atoms. The van der Waals surface area contributed by atoms with Gasteiger partial charge in [0.25, 0.3) is 0 Å². The molecular formula is C19H20BrNO2. The van der Waals surface area contributed by atoms with Gasteiger partial charge in [0.1, 0.15) is 5.75 Å². The highest BCUT2D eigenvalue weighted by atomic mass is 79.9. The Morgan fingerprint density at radius 1 is 1.17 bits per heavy atom. The Hall–Kier alpha value is -1.81. The summed E-state index contributed by atoms with van der Waals surface area (Å²) in [6.45, 7) is 2.82. The number of carbonyl (C=O) groups excluding carboxylic acids is 1. The molecule has 1 atom stereocenters. The average Bonchev–Trinajstić information content (AvgIpc) is 2.79. The Morgan fingerprint density at radius 2 is 1.91 bits per heavy atom. The molecule has 2 aromatic rings. The summed E-state index contributed by atoms with van der Waals surface area (Å²) in [5.74, 6) is 0.924. The van der Waals surface area contributed by atoms with E-state index in [9.17, 15) is 4.79 Å². The van der Waals surface area contributed by atoms with E-state index < -0.39 is 0 Å². The molecule has 0 saturated carbocycles. The summed E-state index contributed by atoms with van der Waals surface area (Å²) in [5.41, 5.74) is 3.25. The minimum atomic E-state index is -0.116. The summed E-state index contributed by atoms with van der Waals surface area (Å²) in [7, 11) is 1.84. The van der Waals surface area contributed by atoms with Crippen LogP contribution in [0.5, 0.6) is 5.75 Å². The van der Waals surface area contributed by atoms with Gasteiger partial charge < -0.3 is 9.64 Å². The van der Waals surface area contributed by atoms with Gasteiger partial charge in [0.05, 0.1) is 12.5 Å². The summed E-state index contributed by atoms with van der Waals surface area (Å²) in [4.78, 5) is 14.3. The number of likely N-dealkylation sites (N-methyl/N-ethyl adjacent to an activating group) is 1. The molecular weight excluding hydrogens is 354 g/mol. The highest BCUT2D eigenvalue weighted by Gasteiger charge is 2.35. The summed E-state index contributed by atoms with van der Waals surface area (Å²) in [5, 5.41) is 0. The molecule has 0 aromatic heterocycles. The van der Waals surface area contributed by atoms with E-state index in [1.54, 1.807) is 4.90 Å². The van der Waals surface area contributed by atoms with Gasteiger partial charge in [-0.25, -0.2) is 0 Å². The lowest BCUT2D eigenvalue weighted by Gasteiger charge is -2.12. The van der Waals surface area contributed by atoms with E-state index in [-0.39, 0.29) is 11.8 Å². The second-order valence-electron chi connectivity index (χ2n) is 5.85. The predicted octanol–water partition coefficient (Wildman–Crippen LogP) is 4.54. The third-order valence-electron chi connectivity index (χ3n) is 4.19. The van der Waals surface area contributed by atoms with Crippen molar-refractivity contribution in [2.45, 2.75) is 25.7 Å².